The summed E-state index contributed by atoms with van der Waals surface area (Å²) in [6.07, 6.45) is 4.44. The lowest BCUT2D eigenvalue weighted by Gasteiger charge is -2.15. The molecule has 0 unspecified atom stereocenters. The molecule has 0 atom stereocenters. The minimum Gasteiger partial charge on any atom is -0.494 e. The highest BCUT2D eigenvalue weighted by Crippen LogP contribution is 2.32. The van der Waals surface area contributed by atoms with E-state index in [4.69, 9.17) is 14.6 Å². The lowest BCUT2D eigenvalue weighted by Crippen LogP contribution is -2.25. The fourth-order valence-electron chi connectivity index (χ4n) is 3.94. The number of aromatic nitrogens is 2. The number of hydrogen-bond donors (Lipinski definition) is 1. The Hall–Kier alpha value is -3.91. The van der Waals surface area contributed by atoms with Crippen LogP contribution in [0, 0.1) is 6.92 Å². The van der Waals surface area contributed by atoms with E-state index in [-0.39, 0.29) is 18.4 Å². The lowest BCUT2D eigenvalue weighted by molar-refractivity contribution is -0.123. The number of para-hydroxylation sites is 1. The zero-order valence-corrected chi connectivity index (χ0v) is 24.2. The summed E-state index contributed by atoms with van der Waals surface area (Å²) >= 11 is 3.57. The van der Waals surface area contributed by atoms with Crippen LogP contribution in [0.3, 0.4) is 0 Å². The van der Waals surface area contributed by atoms with Crippen molar-refractivity contribution in [3.63, 3.8) is 0 Å². The number of halogens is 1. The van der Waals surface area contributed by atoms with Gasteiger partial charge >= 0.3 is 0 Å². The number of nitrogens with zero attached hydrogens (tertiary/aromatic N) is 3. The number of rotatable bonds is 11. The predicted octanol–water partition coefficient (Wildman–Crippen LogP) is 7.05. The molecule has 1 aromatic heterocycles. The van der Waals surface area contributed by atoms with Crippen molar-refractivity contribution in [1.29, 1.82) is 0 Å². The third kappa shape index (κ3) is 7.35. The van der Waals surface area contributed by atoms with Gasteiger partial charge in [0.05, 0.1) is 18.5 Å². The number of hydrazone groups is 1. The normalized spacial score (nSPS) is 11.2. The number of nitrogens with one attached hydrogen (secondary N) is 1. The summed E-state index contributed by atoms with van der Waals surface area (Å²) in [7, 11) is 0. The summed E-state index contributed by atoms with van der Waals surface area (Å²) in [6.45, 7) is 8.77. The summed E-state index contributed by atoms with van der Waals surface area (Å²) in [5, 5.41) is 9.01. The Morgan fingerprint density at radius 2 is 1.85 bits per heavy atom. The number of hydrogen-bond acceptors (Lipinski definition) is 5. The van der Waals surface area contributed by atoms with Gasteiger partial charge < -0.3 is 9.47 Å². The predicted molar refractivity (Wildman–Crippen MR) is 159 cm³/mol. The highest BCUT2D eigenvalue weighted by atomic mass is 79.9. The van der Waals surface area contributed by atoms with Crippen molar-refractivity contribution < 1.29 is 14.3 Å². The van der Waals surface area contributed by atoms with E-state index in [1.807, 2.05) is 79.9 Å². The Morgan fingerprint density at radius 3 is 2.54 bits per heavy atom. The van der Waals surface area contributed by atoms with Gasteiger partial charge in [0.1, 0.15) is 17.2 Å². The maximum atomic E-state index is 12.6. The van der Waals surface area contributed by atoms with Crippen molar-refractivity contribution in [2.75, 3.05) is 13.2 Å². The first-order chi connectivity index (χ1) is 18.9. The van der Waals surface area contributed by atoms with E-state index in [9.17, 15) is 4.79 Å². The Kier molecular flexibility index (Phi) is 9.54. The first kappa shape index (κ1) is 28.1. The highest BCUT2D eigenvalue weighted by molar-refractivity contribution is 9.10. The minimum atomic E-state index is -0.351. The molecule has 1 N–H and O–H groups in total. The molecule has 0 fully saturated rings. The van der Waals surface area contributed by atoms with Crippen LogP contribution in [0.25, 0.3) is 16.9 Å². The molecule has 0 saturated heterocycles. The van der Waals surface area contributed by atoms with Crippen LogP contribution in [-0.2, 0) is 4.79 Å². The topological polar surface area (TPSA) is 77.7 Å². The minimum absolute atomic E-state index is 0.145. The number of carbonyl (C=O) groups is 1. The monoisotopic (exact) mass is 588 g/mol. The summed E-state index contributed by atoms with van der Waals surface area (Å²) in [5.41, 5.74) is 7.98. The van der Waals surface area contributed by atoms with Crippen LogP contribution in [0.1, 0.15) is 49.8 Å². The van der Waals surface area contributed by atoms with Gasteiger partial charge in [0.25, 0.3) is 5.91 Å². The number of carbonyl (C=O) groups excluding carboxylic acids is 1. The molecule has 0 radical (unpaired) electrons. The van der Waals surface area contributed by atoms with Crippen molar-refractivity contribution in [3.8, 4) is 28.4 Å². The molecule has 202 valence electrons. The first-order valence-electron chi connectivity index (χ1n) is 13.0. The molecule has 3 aromatic carbocycles. The van der Waals surface area contributed by atoms with E-state index in [0.717, 1.165) is 50.3 Å². The molecule has 0 aliphatic heterocycles. The van der Waals surface area contributed by atoms with Crippen molar-refractivity contribution in [1.82, 2.24) is 15.2 Å². The smallest absolute Gasteiger partial charge is 0.277 e. The van der Waals surface area contributed by atoms with Crippen molar-refractivity contribution in [3.05, 3.63) is 94.1 Å². The van der Waals surface area contributed by atoms with E-state index in [1.165, 1.54) is 0 Å². The summed E-state index contributed by atoms with van der Waals surface area (Å²) in [4.78, 5) is 12.6. The van der Waals surface area contributed by atoms with Gasteiger partial charge in [-0.25, -0.2) is 10.1 Å². The van der Waals surface area contributed by atoms with Crippen LogP contribution in [0.2, 0.25) is 0 Å². The zero-order chi connectivity index (χ0) is 27.8. The first-order valence-corrected chi connectivity index (χ1v) is 13.8. The molecular formula is C31H33BrN4O3. The molecule has 0 bridgehead atoms. The van der Waals surface area contributed by atoms with Crippen LogP contribution in [0.4, 0.5) is 0 Å². The van der Waals surface area contributed by atoms with Crippen LogP contribution >= 0.6 is 15.9 Å². The van der Waals surface area contributed by atoms with Gasteiger partial charge in [0, 0.05) is 21.8 Å². The molecule has 1 amide bonds. The second-order valence-corrected chi connectivity index (χ2v) is 10.3. The molecule has 0 aliphatic rings. The molecule has 0 aliphatic carbocycles. The van der Waals surface area contributed by atoms with Gasteiger partial charge in [0.2, 0.25) is 0 Å². The molecule has 0 saturated carbocycles. The number of ether oxygens (including phenoxy) is 2. The lowest BCUT2D eigenvalue weighted by atomic mass is 10.0. The SMILES string of the molecule is CCCOc1ccc(-c2nn(-c3ccccc3)cc2/C=N\NC(=O)COc2cc(C)c(Br)cc2C(C)C)cc1. The van der Waals surface area contributed by atoms with Gasteiger partial charge in [-0.2, -0.15) is 10.2 Å². The second-order valence-electron chi connectivity index (χ2n) is 9.46. The van der Waals surface area contributed by atoms with Crippen LogP contribution in [0.15, 0.2) is 82.5 Å². The number of amides is 1. The Labute approximate surface area is 238 Å². The van der Waals surface area contributed by atoms with Gasteiger partial charge in [-0.1, -0.05) is 54.9 Å². The average molecular weight is 590 g/mol. The van der Waals surface area contributed by atoms with Crippen LogP contribution in [0.5, 0.6) is 11.5 Å². The maximum Gasteiger partial charge on any atom is 0.277 e. The molecule has 8 heteroatoms. The Morgan fingerprint density at radius 1 is 1.10 bits per heavy atom. The van der Waals surface area contributed by atoms with E-state index < -0.39 is 0 Å². The third-order valence-corrected chi connectivity index (χ3v) is 6.88. The summed E-state index contributed by atoms with van der Waals surface area (Å²) in [6, 6.07) is 21.6. The van der Waals surface area contributed by atoms with Crippen LogP contribution in [-0.4, -0.2) is 35.1 Å². The molecule has 0 spiro atoms. The van der Waals surface area contributed by atoms with E-state index in [1.54, 1.807) is 10.9 Å². The fraction of sp³-hybridized carbons (Fsp3) is 0.258. The second kappa shape index (κ2) is 13.2. The largest absolute Gasteiger partial charge is 0.494 e. The fourth-order valence-corrected chi connectivity index (χ4v) is 4.31. The van der Waals surface area contributed by atoms with Crippen molar-refractivity contribution in [2.24, 2.45) is 5.10 Å². The average Bonchev–Trinajstić information content (AvgIpc) is 3.37. The van der Waals surface area contributed by atoms with Crippen LogP contribution < -0.4 is 14.9 Å². The third-order valence-electron chi connectivity index (χ3n) is 6.03. The van der Waals surface area contributed by atoms with Gasteiger partial charge in [-0.15, -0.1) is 0 Å². The standard InChI is InChI=1S/C31H33BrN4O3/c1-5-15-38-26-13-11-23(12-14-26)31-24(19-36(35-31)25-9-7-6-8-10-25)18-33-34-30(37)20-39-29-16-22(4)28(32)17-27(29)21(2)3/h6-14,16-19,21H,5,15,20H2,1-4H3,(H,34,37)/b33-18-. The summed E-state index contributed by atoms with van der Waals surface area (Å²) < 4.78 is 14.4. The Bertz CT molecular complexity index is 1430. The Balaban J connectivity index is 1.49. The molecular weight excluding hydrogens is 556 g/mol. The van der Waals surface area contributed by atoms with E-state index in [2.05, 4.69) is 47.2 Å². The molecule has 4 rings (SSSR count). The number of aryl methyl sites for hydroxylation is 1. The van der Waals surface area contributed by atoms with Crippen molar-refractivity contribution in [2.45, 2.75) is 40.0 Å². The molecule has 1 heterocycles. The molecule has 4 aromatic rings. The maximum absolute atomic E-state index is 12.6. The number of benzene rings is 3. The van der Waals surface area contributed by atoms with Gasteiger partial charge in [-0.05, 0) is 78.9 Å². The van der Waals surface area contributed by atoms with Gasteiger partial charge in [-0.3, -0.25) is 4.79 Å². The zero-order valence-electron chi connectivity index (χ0n) is 22.6. The van der Waals surface area contributed by atoms with E-state index >= 15 is 0 Å². The van der Waals surface area contributed by atoms with E-state index in [0.29, 0.717) is 12.4 Å². The highest BCUT2D eigenvalue weighted by Gasteiger charge is 2.14. The van der Waals surface area contributed by atoms with Gasteiger partial charge in [0.15, 0.2) is 6.61 Å². The summed E-state index contributed by atoms with van der Waals surface area (Å²) in [5.74, 6) is 1.41. The van der Waals surface area contributed by atoms with Crippen molar-refractivity contribution >= 4 is 28.1 Å². The molecule has 39 heavy (non-hydrogen) atoms. The molecule has 7 nitrogen and oxygen atoms in total. The quantitative estimate of drug-likeness (QED) is 0.150.